The van der Waals surface area contributed by atoms with Crippen LogP contribution in [0.1, 0.15) is 42.5 Å². The lowest BCUT2D eigenvalue weighted by molar-refractivity contribution is 0.0954. The molecule has 1 heterocycles. The molecule has 1 fully saturated rings. The summed E-state index contributed by atoms with van der Waals surface area (Å²) in [6.07, 6.45) is 8.18. The third-order valence-electron chi connectivity index (χ3n) is 4.09. The number of fused-ring (bicyclic) bond motifs is 1. The highest BCUT2D eigenvalue weighted by atomic mass is 16.1. The molecular formula is C16H18N2O. The lowest BCUT2D eigenvalue weighted by Gasteiger charge is -2.22. The molecule has 0 spiro atoms. The quantitative estimate of drug-likeness (QED) is 0.856. The van der Waals surface area contributed by atoms with Crippen LogP contribution in [0.5, 0.6) is 0 Å². The lowest BCUT2D eigenvalue weighted by Crippen LogP contribution is -2.38. The number of nitrogens with zero attached hydrogens (tertiary/aromatic N) is 1. The van der Waals surface area contributed by atoms with E-state index in [0.29, 0.717) is 6.42 Å². The molecule has 3 heteroatoms. The zero-order valence-electron chi connectivity index (χ0n) is 10.9. The van der Waals surface area contributed by atoms with Crippen LogP contribution in [0.25, 0.3) is 10.8 Å². The van der Waals surface area contributed by atoms with Crippen LogP contribution < -0.4 is 5.73 Å². The van der Waals surface area contributed by atoms with Gasteiger partial charge in [-0.3, -0.25) is 9.78 Å². The molecule has 3 rings (SSSR count). The Bertz CT molecular complexity index is 610. The number of carbonyl (C=O) groups excluding carboxylic acids is 1. The molecule has 0 amide bonds. The zero-order valence-corrected chi connectivity index (χ0v) is 10.9. The van der Waals surface area contributed by atoms with Gasteiger partial charge in [-0.05, 0) is 24.3 Å². The summed E-state index contributed by atoms with van der Waals surface area (Å²) in [5.41, 5.74) is 6.80. The maximum Gasteiger partial charge on any atom is 0.165 e. The van der Waals surface area contributed by atoms with Crippen LogP contribution in [0.4, 0.5) is 0 Å². The second-order valence-corrected chi connectivity index (χ2v) is 5.57. The number of pyridine rings is 1. The largest absolute Gasteiger partial charge is 0.325 e. The van der Waals surface area contributed by atoms with Crippen LogP contribution in [0.2, 0.25) is 0 Å². The summed E-state index contributed by atoms with van der Waals surface area (Å²) in [6, 6.07) is 7.69. The average molecular weight is 254 g/mol. The topological polar surface area (TPSA) is 56.0 Å². The first kappa shape index (κ1) is 12.3. The molecule has 3 nitrogen and oxygen atoms in total. The predicted molar refractivity (Wildman–Crippen MR) is 76.1 cm³/mol. The molecule has 1 aliphatic rings. The summed E-state index contributed by atoms with van der Waals surface area (Å²) in [4.78, 5) is 16.6. The number of aromatic nitrogens is 1. The fourth-order valence-electron chi connectivity index (χ4n) is 3.04. The van der Waals surface area contributed by atoms with Crippen molar-refractivity contribution in [2.45, 2.75) is 37.6 Å². The number of Topliss-reactive ketones (excluding diaryl/α,β-unsaturated/α-hetero) is 1. The number of rotatable bonds is 3. The van der Waals surface area contributed by atoms with Gasteiger partial charge in [-0.2, -0.15) is 0 Å². The van der Waals surface area contributed by atoms with E-state index in [2.05, 4.69) is 4.98 Å². The Morgan fingerprint density at radius 3 is 2.84 bits per heavy atom. The molecule has 1 saturated carbocycles. The van der Waals surface area contributed by atoms with Crippen LogP contribution in [-0.4, -0.2) is 16.3 Å². The average Bonchev–Trinajstić information content (AvgIpc) is 2.84. The highest BCUT2D eigenvalue weighted by molar-refractivity contribution is 6.08. The SMILES string of the molecule is NC1(CC(=O)c2cccc3cnccc23)CCCC1. The number of nitrogens with two attached hydrogens (primary N) is 1. The minimum atomic E-state index is -0.285. The van der Waals surface area contributed by atoms with E-state index in [1.165, 1.54) is 0 Å². The molecule has 0 bridgehead atoms. The maximum absolute atomic E-state index is 12.5. The Kier molecular flexibility index (Phi) is 3.07. The Morgan fingerprint density at radius 1 is 1.26 bits per heavy atom. The first-order valence-electron chi connectivity index (χ1n) is 6.83. The van der Waals surface area contributed by atoms with Gasteiger partial charge in [0, 0.05) is 35.3 Å². The first-order chi connectivity index (χ1) is 9.18. The number of hydrogen-bond acceptors (Lipinski definition) is 3. The van der Waals surface area contributed by atoms with Gasteiger partial charge in [0.05, 0.1) is 0 Å². The second-order valence-electron chi connectivity index (χ2n) is 5.57. The smallest absolute Gasteiger partial charge is 0.165 e. The predicted octanol–water partition coefficient (Wildman–Crippen LogP) is 3.08. The monoisotopic (exact) mass is 254 g/mol. The van der Waals surface area contributed by atoms with Crippen LogP contribution >= 0.6 is 0 Å². The van der Waals surface area contributed by atoms with Crippen molar-refractivity contribution < 1.29 is 4.79 Å². The van der Waals surface area contributed by atoms with Gasteiger partial charge in [0.15, 0.2) is 5.78 Å². The van der Waals surface area contributed by atoms with Crippen molar-refractivity contribution in [1.29, 1.82) is 0 Å². The fraction of sp³-hybridized carbons (Fsp3) is 0.375. The summed E-state index contributed by atoms with van der Waals surface area (Å²) in [6.45, 7) is 0. The molecule has 0 radical (unpaired) electrons. The van der Waals surface area contributed by atoms with Gasteiger partial charge in [0.25, 0.3) is 0 Å². The molecule has 19 heavy (non-hydrogen) atoms. The summed E-state index contributed by atoms with van der Waals surface area (Å²) < 4.78 is 0. The van der Waals surface area contributed by atoms with Gasteiger partial charge in [-0.25, -0.2) is 0 Å². The second kappa shape index (κ2) is 4.74. The zero-order chi connectivity index (χ0) is 13.3. The van der Waals surface area contributed by atoms with E-state index in [-0.39, 0.29) is 11.3 Å². The molecule has 1 aromatic carbocycles. The van der Waals surface area contributed by atoms with E-state index < -0.39 is 0 Å². The summed E-state index contributed by atoms with van der Waals surface area (Å²) in [7, 11) is 0. The van der Waals surface area contributed by atoms with Crippen molar-refractivity contribution in [1.82, 2.24) is 4.98 Å². The van der Waals surface area contributed by atoms with Gasteiger partial charge < -0.3 is 5.73 Å². The number of benzene rings is 1. The standard InChI is InChI=1S/C16H18N2O/c17-16(7-1-2-8-16)10-15(19)14-5-3-4-12-11-18-9-6-13(12)14/h3-6,9,11H,1-2,7-8,10,17H2. The van der Waals surface area contributed by atoms with E-state index in [4.69, 9.17) is 5.73 Å². The van der Waals surface area contributed by atoms with Crippen LogP contribution in [0.15, 0.2) is 36.7 Å². The molecule has 2 aromatic rings. The van der Waals surface area contributed by atoms with Gasteiger partial charge in [-0.1, -0.05) is 31.0 Å². The summed E-state index contributed by atoms with van der Waals surface area (Å²) in [5.74, 6) is 0.154. The van der Waals surface area contributed by atoms with E-state index >= 15 is 0 Å². The number of carbonyl (C=O) groups is 1. The highest BCUT2D eigenvalue weighted by Crippen LogP contribution is 2.32. The molecule has 1 aromatic heterocycles. The maximum atomic E-state index is 12.5. The summed E-state index contributed by atoms with van der Waals surface area (Å²) in [5, 5.41) is 1.98. The number of ketones is 1. The molecule has 98 valence electrons. The Labute approximate surface area is 112 Å². The van der Waals surface area contributed by atoms with Crippen LogP contribution in [0.3, 0.4) is 0 Å². The van der Waals surface area contributed by atoms with Crippen molar-refractivity contribution in [3.63, 3.8) is 0 Å². The third-order valence-corrected chi connectivity index (χ3v) is 4.09. The van der Waals surface area contributed by atoms with Crippen molar-refractivity contribution in [2.75, 3.05) is 0 Å². The van der Waals surface area contributed by atoms with E-state index in [1.54, 1.807) is 12.4 Å². The first-order valence-corrected chi connectivity index (χ1v) is 6.83. The van der Waals surface area contributed by atoms with Crippen LogP contribution in [-0.2, 0) is 0 Å². The van der Waals surface area contributed by atoms with Crippen molar-refractivity contribution in [2.24, 2.45) is 5.73 Å². The minimum Gasteiger partial charge on any atom is -0.325 e. The Hall–Kier alpha value is -1.74. The highest BCUT2D eigenvalue weighted by Gasteiger charge is 2.32. The van der Waals surface area contributed by atoms with Crippen molar-refractivity contribution in [3.8, 4) is 0 Å². The molecular weight excluding hydrogens is 236 g/mol. The van der Waals surface area contributed by atoms with Gasteiger partial charge in [0.1, 0.15) is 0 Å². The van der Waals surface area contributed by atoms with Gasteiger partial charge >= 0.3 is 0 Å². The van der Waals surface area contributed by atoms with Gasteiger partial charge in [-0.15, -0.1) is 0 Å². The lowest BCUT2D eigenvalue weighted by atomic mass is 9.89. The Balaban J connectivity index is 1.93. The minimum absolute atomic E-state index is 0.154. The Morgan fingerprint density at radius 2 is 2.05 bits per heavy atom. The van der Waals surface area contributed by atoms with E-state index in [9.17, 15) is 4.79 Å². The molecule has 0 atom stereocenters. The normalized spacial score (nSPS) is 17.7. The molecule has 1 aliphatic carbocycles. The molecule has 0 unspecified atom stereocenters. The van der Waals surface area contributed by atoms with E-state index in [0.717, 1.165) is 42.0 Å². The number of hydrogen-bond donors (Lipinski definition) is 1. The van der Waals surface area contributed by atoms with Gasteiger partial charge in [0.2, 0.25) is 0 Å². The molecule has 2 N–H and O–H groups in total. The third kappa shape index (κ3) is 2.38. The fourth-order valence-corrected chi connectivity index (χ4v) is 3.04. The molecule has 0 aliphatic heterocycles. The van der Waals surface area contributed by atoms with Crippen molar-refractivity contribution >= 4 is 16.6 Å². The van der Waals surface area contributed by atoms with Crippen molar-refractivity contribution in [3.05, 3.63) is 42.2 Å². The molecule has 0 saturated heterocycles. The summed E-state index contributed by atoms with van der Waals surface area (Å²) >= 11 is 0. The van der Waals surface area contributed by atoms with Crippen LogP contribution in [0, 0.1) is 0 Å². The van der Waals surface area contributed by atoms with E-state index in [1.807, 2.05) is 24.3 Å².